The summed E-state index contributed by atoms with van der Waals surface area (Å²) in [5.41, 5.74) is 5.79. The first kappa shape index (κ1) is 15.2. The van der Waals surface area contributed by atoms with Gasteiger partial charge in [-0.05, 0) is 25.7 Å². The van der Waals surface area contributed by atoms with Crippen molar-refractivity contribution in [2.75, 3.05) is 25.4 Å². The number of nitrogens with two attached hydrogens (primary N) is 1. The highest BCUT2D eigenvalue weighted by atomic mass is 35.5. The van der Waals surface area contributed by atoms with Crippen molar-refractivity contribution in [3.63, 3.8) is 0 Å². The van der Waals surface area contributed by atoms with Gasteiger partial charge in [0.25, 0.3) is 0 Å². The Morgan fingerprint density at radius 1 is 1.29 bits per heavy atom. The number of sulfonamides is 1. The van der Waals surface area contributed by atoms with Crippen LogP contribution in [0.3, 0.4) is 0 Å². The molecular formula is C10H21ClN2O3S. The van der Waals surface area contributed by atoms with Crippen LogP contribution in [0.1, 0.15) is 25.7 Å². The Hall–Kier alpha value is 0.120. The lowest BCUT2D eigenvalue weighted by atomic mass is 10.1. The summed E-state index contributed by atoms with van der Waals surface area (Å²) < 4.78 is 31.1. The Kier molecular flexibility index (Phi) is 5.66. The smallest absolute Gasteiger partial charge is 0.216 e. The van der Waals surface area contributed by atoms with Gasteiger partial charge in [0.05, 0.1) is 11.9 Å². The molecule has 2 rings (SSSR count). The van der Waals surface area contributed by atoms with Crippen molar-refractivity contribution >= 4 is 22.4 Å². The minimum absolute atomic E-state index is 0. The second kappa shape index (κ2) is 6.33. The zero-order valence-corrected chi connectivity index (χ0v) is 11.5. The lowest BCUT2D eigenvalue weighted by Gasteiger charge is -2.30. The highest BCUT2D eigenvalue weighted by Gasteiger charge is 2.31. The third-order valence-corrected chi connectivity index (χ3v) is 5.15. The van der Waals surface area contributed by atoms with Gasteiger partial charge in [-0.2, -0.15) is 0 Å². The summed E-state index contributed by atoms with van der Waals surface area (Å²) in [4.78, 5) is 0. The van der Waals surface area contributed by atoms with E-state index in [0.717, 1.165) is 25.7 Å². The fourth-order valence-corrected chi connectivity index (χ4v) is 4.11. The van der Waals surface area contributed by atoms with Crippen molar-refractivity contribution in [1.29, 1.82) is 0 Å². The summed E-state index contributed by atoms with van der Waals surface area (Å²) in [5, 5.41) is 0. The summed E-state index contributed by atoms with van der Waals surface area (Å²) in [7, 11) is -3.17. The highest BCUT2D eigenvalue weighted by Crippen LogP contribution is 2.18. The summed E-state index contributed by atoms with van der Waals surface area (Å²) in [6, 6.07) is -0.00646. The summed E-state index contributed by atoms with van der Waals surface area (Å²) in [6.45, 7) is 1.78. The fraction of sp³-hybridized carbons (Fsp3) is 1.00. The zero-order chi connectivity index (χ0) is 11.6. The molecule has 0 aliphatic carbocycles. The van der Waals surface area contributed by atoms with E-state index in [0.29, 0.717) is 19.7 Å². The van der Waals surface area contributed by atoms with Crippen LogP contribution in [0.4, 0.5) is 0 Å². The van der Waals surface area contributed by atoms with Gasteiger partial charge in [0.1, 0.15) is 0 Å². The number of hydrogen-bond donors (Lipinski definition) is 1. The van der Waals surface area contributed by atoms with E-state index in [1.54, 1.807) is 0 Å². The number of rotatable bonds is 3. The lowest BCUT2D eigenvalue weighted by Crippen LogP contribution is -2.47. The molecule has 2 fully saturated rings. The van der Waals surface area contributed by atoms with Crippen LogP contribution in [0.2, 0.25) is 0 Å². The normalized spacial score (nSPS) is 31.1. The van der Waals surface area contributed by atoms with Gasteiger partial charge >= 0.3 is 0 Å². The van der Waals surface area contributed by atoms with E-state index in [-0.39, 0.29) is 30.3 Å². The maximum atomic E-state index is 12.1. The van der Waals surface area contributed by atoms with Gasteiger partial charge in [-0.3, -0.25) is 0 Å². The van der Waals surface area contributed by atoms with E-state index < -0.39 is 10.0 Å². The Morgan fingerprint density at radius 3 is 2.65 bits per heavy atom. The molecule has 2 aliphatic rings. The Balaban J connectivity index is 0.00000144. The molecule has 0 saturated carbocycles. The maximum Gasteiger partial charge on any atom is 0.216 e. The van der Waals surface area contributed by atoms with Gasteiger partial charge in [-0.15, -0.1) is 12.4 Å². The molecule has 17 heavy (non-hydrogen) atoms. The number of hydrogen-bond acceptors (Lipinski definition) is 4. The van der Waals surface area contributed by atoms with Crippen molar-refractivity contribution in [2.45, 2.75) is 37.8 Å². The molecular weight excluding hydrogens is 264 g/mol. The van der Waals surface area contributed by atoms with Crippen molar-refractivity contribution in [2.24, 2.45) is 5.73 Å². The SMILES string of the molecule is Cl.NC1CCCN(S(=O)(=O)CC2CCCO2)C1. The number of ether oxygens (including phenoxy) is 1. The molecule has 0 spiro atoms. The zero-order valence-electron chi connectivity index (χ0n) is 9.88. The third-order valence-electron chi connectivity index (χ3n) is 3.23. The van der Waals surface area contributed by atoms with Crippen LogP contribution in [-0.4, -0.2) is 50.3 Å². The van der Waals surface area contributed by atoms with Crippen molar-refractivity contribution in [1.82, 2.24) is 4.31 Å². The van der Waals surface area contributed by atoms with Crippen molar-refractivity contribution < 1.29 is 13.2 Å². The second-order valence-electron chi connectivity index (χ2n) is 4.67. The van der Waals surface area contributed by atoms with Gasteiger partial charge in [0.2, 0.25) is 10.0 Å². The van der Waals surface area contributed by atoms with Gasteiger partial charge in [-0.1, -0.05) is 0 Å². The minimum atomic E-state index is -3.17. The molecule has 2 saturated heterocycles. The van der Waals surface area contributed by atoms with Gasteiger partial charge in [-0.25, -0.2) is 12.7 Å². The average Bonchev–Trinajstić information content (AvgIpc) is 2.70. The predicted molar refractivity (Wildman–Crippen MR) is 68.8 cm³/mol. The molecule has 2 N–H and O–H groups in total. The van der Waals surface area contributed by atoms with E-state index in [9.17, 15) is 8.42 Å². The summed E-state index contributed by atoms with van der Waals surface area (Å²) in [6.07, 6.45) is 3.51. The molecule has 0 bridgehead atoms. The first-order valence-corrected chi connectivity index (χ1v) is 7.54. The number of piperidine rings is 1. The lowest BCUT2D eigenvalue weighted by molar-refractivity contribution is 0.126. The highest BCUT2D eigenvalue weighted by molar-refractivity contribution is 7.89. The van der Waals surface area contributed by atoms with Crippen LogP contribution >= 0.6 is 12.4 Å². The van der Waals surface area contributed by atoms with E-state index in [1.807, 2.05) is 0 Å². The van der Waals surface area contributed by atoms with Crippen LogP contribution in [0.5, 0.6) is 0 Å². The first-order valence-electron chi connectivity index (χ1n) is 5.93. The van der Waals surface area contributed by atoms with Gasteiger partial charge < -0.3 is 10.5 Å². The van der Waals surface area contributed by atoms with Crippen molar-refractivity contribution in [3.8, 4) is 0 Å². The topological polar surface area (TPSA) is 72.6 Å². The van der Waals surface area contributed by atoms with E-state index >= 15 is 0 Å². The van der Waals surface area contributed by atoms with Gasteiger partial charge in [0, 0.05) is 25.7 Å². The Labute approximate surface area is 109 Å². The molecule has 2 unspecified atom stereocenters. The van der Waals surface area contributed by atoms with E-state index in [4.69, 9.17) is 10.5 Å². The monoisotopic (exact) mass is 284 g/mol. The molecule has 0 aromatic carbocycles. The third kappa shape index (κ3) is 4.06. The molecule has 2 atom stereocenters. The molecule has 0 amide bonds. The maximum absolute atomic E-state index is 12.1. The quantitative estimate of drug-likeness (QED) is 0.811. The molecule has 5 nitrogen and oxygen atoms in total. The summed E-state index contributed by atoms with van der Waals surface area (Å²) >= 11 is 0. The van der Waals surface area contributed by atoms with E-state index in [2.05, 4.69) is 0 Å². The van der Waals surface area contributed by atoms with Crippen LogP contribution in [-0.2, 0) is 14.8 Å². The number of nitrogens with zero attached hydrogens (tertiary/aromatic N) is 1. The largest absolute Gasteiger partial charge is 0.377 e. The fourth-order valence-electron chi connectivity index (χ4n) is 2.34. The van der Waals surface area contributed by atoms with Crippen LogP contribution in [0, 0.1) is 0 Å². The minimum Gasteiger partial charge on any atom is -0.377 e. The van der Waals surface area contributed by atoms with Crippen LogP contribution in [0.15, 0.2) is 0 Å². The summed E-state index contributed by atoms with van der Waals surface area (Å²) in [5.74, 6) is 0.125. The van der Waals surface area contributed by atoms with Gasteiger partial charge in [0.15, 0.2) is 0 Å². The molecule has 0 aromatic heterocycles. The van der Waals surface area contributed by atoms with Crippen LogP contribution < -0.4 is 5.73 Å². The first-order chi connectivity index (χ1) is 7.58. The van der Waals surface area contributed by atoms with Crippen LogP contribution in [0.25, 0.3) is 0 Å². The standard InChI is InChI=1S/C10H20N2O3S.ClH/c11-9-3-1-5-12(7-9)16(13,14)8-10-4-2-6-15-10;/h9-10H,1-8,11H2;1H. The average molecular weight is 285 g/mol. The molecule has 102 valence electrons. The molecule has 0 radical (unpaired) electrons. The second-order valence-corrected chi connectivity index (χ2v) is 6.69. The molecule has 2 heterocycles. The van der Waals surface area contributed by atoms with E-state index in [1.165, 1.54) is 4.31 Å². The Morgan fingerprint density at radius 2 is 2.06 bits per heavy atom. The molecule has 0 aromatic rings. The Bertz CT molecular complexity index is 330. The number of halogens is 1. The molecule has 2 aliphatic heterocycles. The predicted octanol–water partition coefficient (Wildman–Crippen LogP) is 0.340. The van der Waals surface area contributed by atoms with Crippen molar-refractivity contribution in [3.05, 3.63) is 0 Å². The molecule has 7 heteroatoms.